The average Bonchev–Trinajstić information content (AvgIpc) is 3.19. The van der Waals surface area contributed by atoms with E-state index in [4.69, 9.17) is 25.8 Å². The first-order valence-electron chi connectivity index (χ1n) is 9.27. The van der Waals surface area contributed by atoms with E-state index in [0.29, 0.717) is 23.9 Å². The van der Waals surface area contributed by atoms with E-state index in [0.717, 1.165) is 38.5 Å². The zero-order valence-electron chi connectivity index (χ0n) is 15.9. The van der Waals surface area contributed by atoms with Gasteiger partial charge in [-0.2, -0.15) is 0 Å². The molecule has 0 radical (unpaired) electrons. The first kappa shape index (κ1) is 22.5. The highest BCUT2D eigenvalue weighted by molar-refractivity contribution is 14.0. The van der Waals surface area contributed by atoms with E-state index in [1.807, 2.05) is 31.2 Å². The largest absolute Gasteiger partial charge is 0.487 e. The van der Waals surface area contributed by atoms with Gasteiger partial charge in [-0.15, -0.1) is 24.0 Å². The summed E-state index contributed by atoms with van der Waals surface area (Å²) >= 11 is 6.16. The molecule has 0 aromatic heterocycles. The van der Waals surface area contributed by atoms with Crippen molar-refractivity contribution in [2.75, 3.05) is 39.9 Å². The summed E-state index contributed by atoms with van der Waals surface area (Å²) in [6.45, 7) is 5.80. The number of morpholine rings is 1. The maximum Gasteiger partial charge on any atom is 0.193 e. The van der Waals surface area contributed by atoms with Crippen molar-refractivity contribution in [2.24, 2.45) is 4.99 Å². The molecule has 0 spiro atoms. The van der Waals surface area contributed by atoms with Crippen LogP contribution in [0.4, 0.5) is 0 Å². The van der Waals surface area contributed by atoms with Gasteiger partial charge >= 0.3 is 0 Å². The molecule has 8 heteroatoms. The van der Waals surface area contributed by atoms with Crippen molar-refractivity contribution in [2.45, 2.75) is 38.1 Å². The van der Waals surface area contributed by atoms with Gasteiger partial charge < -0.3 is 24.4 Å². The summed E-state index contributed by atoms with van der Waals surface area (Å²) in [5.41, 5.74) is 0. The smallest absolute Gasteiger partial charge is 0.193 e. The van der Waals surface area contributed by atoms with E-state index in [1.54, 1.807) is 7.05 Å². The Morgan fingerprint density at radius 3 is 2.81 bits per heavy atom. The predicted octanol–water partition coefficient (Wildman–Crippen LogP) is 3.18. The van der Waals surface area contributed by atoms with Crippen molar-refractivity contribution in [1.82, 2.24) is 10.2 Å². The molecule has 3 rings (SSSR count). The second-order valence-corrected chi connectivity index (χ2v) is 7.10. The highest BCUT2D eigenvalue weighted by Gasteiger charge is 2.32. The van der Waals surface area contributed by atoms with Crippen molar-refractivity contribution in [3.8, 4) is 5.75 Å². The van der Waals surface area contributed by atoms with E-state index in [2.05, 4.69) is 15.2 Å². The number of benzene rings is 1. The van der Waals surface area contributed by atoms with E-state index < -0.39 is 0 Å². The standard InChI is InChI=1S/C19H28ClN3O3.HI/c1-14(26-16-7-4-3-6-15(16)20)12-22-19(21-2)23-9-11-25-18(13-23)17-8-5-10-24-17;/h3-4,6-7,14,17-18H,5,8-13H2,1-2H3,(H,21,22);1H. The molecule has 27 heavy (non-hydrogen) atoms. The van der Waals surface area contributed by atoms with Crippen molar-refractivity contribution < 1.29 is 14.2 Å². The fourth-order valence-electron chi connectivity index (χ4n) is 3.35. The average molecular weight is 510 g/mol. The predicted molar refractivity (Wildman–Crippen MR) is 119 cm³/mol. The molecule has 1 aromatic rings. The molecule has 152 valence electrons. The lowest BCUT2D eigenvalue weighted by Crippen LogP contribution is -2.54. The van der Waals surface area contributed by atoms with Crippen molar-refractivity contribution in [3.63, 3.8) is 0 Å². The molecule has 2 fully saturated rings. The van der Waals surface area contributed by atoms with Gasteiger partial charge in [-0.25, -0.2) is 0 Å². The van der Waals surface area contributed by atoms with Gasteiger partial charge in [0.25, 0.3) is 0 Å². The zero-order chi connectivity index (χ0) is 18.4. The van der Waals surface area contributed by atoms with Crippen molar-refractivity contribution >= 4 is 41.5 Å². The minimum Gasteiger partial charge on any atom is -0.487 e. The number of hydrogen-bond acceptors (Lipinski definition) is 4. The summed E-state index contributed by atoms with van der Waals surface area (Å²) in [6.07, 6.45) is 2.48. The van der Waals surface area contributed by atoms with E-state index in [9.17, 15) is 0 Å². The molecule has 2 aliphatic heterocycles. The van der Waals surface area contributed by atoms with Gasteiger partial charge in [-0.3, -0.25) is 4.99 Å². The molecule has 2 saturated heterocycles. The lowest BCUT2D eigenvalue weighted by atomic mass is 10.1. The molecule has 3 unspecified atom stereocenters. The molecule has 1 aromatic carbocycles. The van der Waals surface area contributed by atoms with Crippen LogP contribution in [0.1, 0.15) is 19.8 Å². The lowest BCUT2D eigenvalue weighted by molar-refractivity contribution is -0.0817. The molecule has 2 aliphatic rings. The van der Waals surface area contributed by atoms with Gasteiger partial charge in [0, 0.05) is 26.7 Å². The van der Waals surface area contributed by atoms with E-state index in [-0.39, 0.29) is 42.3 Å². The van der Waals surface area contributed by atoms with Gasteiger partial charge in [-0.05, 0) is 31.9 Å². The summed E-state index contributed by atoms with van der Waals surface area (Å²) in [7, 11) is 1.80. The fraction of sp³-hybridized carbons (Fsp3) is 0.632. The van der Waals surface area contributed by atoms with Crippen molar-refractivity contribution in [3.05, 3.63) is 29.3 Å². The Morgan fingerprint density at radius 1 is 1.33 bits per heavy atom. The van der Waals surface area contributed by atoms with Gasteiger partial charge in [0.2, 0.25) is 0 Å². The van der Waals surface area contributed by atoms with Crippen LogP contribution in [0, 0.1) is 0 Å². The number of rotatable bonds is 5. The molecular weight excluding hydrogens is 481 g/mol. The number of halogens is 2. The zero-order valence-corrected chi connectivity index (χ0v) is 19.0. The van der Waals surface area contributed by atoms with Gasteiger partial charge in [0.15, 0.2) is 5.96 Å². The third-order valence-corrected chi connectivity index (χ3v) is 5.01. The number of hydrogen-bond donors (Lipinski definition) is 1. The van der Waals surface area contributed by atoms with Crippen LogP contribution in [-0.2, 0) is 9.47 Å². The van der Waals surface area contributed by atoms with E-state index >= 15 is 0 Å². The molecule has 1 N–H and O–H groups in total. The van der Waals surface area contributed by atoms with E-state index in [1.165, 1.54) is 0 Å². The Kier molecular flexibility index (Phi) is 9.41. The molecular formula is C19H29ClIN3O3. The number of para-hydroxylation sites is 1. The van der Waals surface area contributed by atoms with Gasteiger partial charge in [0.1, 0.15) is 18.0 Å². The van der Waals surface area contributed by atoms with Gasteiger partial charge in [-0.1, -0.05) is 23.7 Å². The van der Waals surface area contributed by atoms with Crippen LogP contribution < -0.4 is 10.1 Å². The summed E-state index contributed by atoms with van der Waals surface area (Å²) in [6, 6.07) is 7.51. The number of guanidine groups is 1. The minimum absolute atomic E-state index is 0. The fourth-order valence-corrected chi connectivity index (χ4v) is 3.53. The molecule has 3 atom stereocenters. The first-order chi connectivity index (χ1) is 12.7. The topological polar surface area (TPSA) is 55.3 Å². The Morgan fingerprint density at radius 2 is 2.11 bits per heavy atom. The highest BCUT2D eigenvalue weighted by Crippen LogP contribution is 2.24. The second kappa shape index (κ2) is 11.3. The molecule has 0 bridgehead atoms. The number of aliphatic imine (C=N–C) groups is 1. The number of nitrogens with zero attached hydrogens (tertiary/aromatic N) is 2. The molecule has 0 amide bonds. The van der Waals surface area contributed by atoms with Crippen LogP contribution in [-0.4, -0.2) is 69.1 Å². The third-order valence-electron chi connectivity index (χ3n) is 4.70. The molecule has 0 saturated carbocycles. The van der Waals surface area contributed by atoms with Gasteiger partial charge in [0.05, 0.1) is 24.3 Å². The summed E-state index contributed by atoms with van der Waals surface area (Å²) < 4.78 is 17.6. The normalized spacial score (nSPS) is 24.3. The monoisotopic (exact) mass is 509 g/mol. The Hall–Kier alpha value is -0.770. The molecule has 0 aliphatic carbocycles. The summed E-state index contributed by atoms with van der Waals surface area (Å²) in [5.74, 6) is 1.56. The number of nitrogens with one attached hydrogen (secondary N) is 1. The second-order valence-electron chi connectivity index (χ2n) is 6.69. The van der Waals surface area contributed by atoms with Crippen LogP contribution in [0.3, 0.4) is 0 Å². The SMILES string of the molecule is CN=C(NCC(C)Oc1ccccc1Cl)N1CCOC(C2CCCO2)C1.I. The molecule has 6 nitrogen and oxygen atoms in total. The lowest BCUT2D eigenvalue weighted by Gasteiger charge is -2.37. The first-order valence-corrected chi connectivity index (χ1v) is 9.65. The van der Waals surface area contributed by atoms with Crippen LogP contribution in [0.2, 0.25) is 5.02 Å². The minimum atomic E-state index is -0.0401. The van der Waals surface area contributed by atoms with Crippen LogP contribution >= 0.6 is 35.6 Å². The Bertz CT molecular complexity index is 614. The van der Waals surface area contributed by atoms with Crippen LogP contribution in [0.25, 0.3) is 0 Å². The summed E-state index contributed by atoms with van der Waals surface area (Å²) in [4.78, 5) is 6.66. The van der Waals surface area contributed by atoms with Crippen LogP contribution in [0.5, 0.6) is 5.75 Å². The third kappa shape index (κ3) is 6.37. The van der Waals surface area contributed by atoms with Crippen LogP contribution in [0.15, 0.2) is 29.3 Å². The van der Waals surface area contributed by atoms with Crippen molar-refractivity contribution in [1.29, 1.82) is 0 Å². The Balaban J connectivity index is 0.00000261. The quantitative estimate of drug-likeness (QED) is 0.375. The Labute approximate surface area is 183 Å². The maximum atomic E-state index is 6.16. The highest BCUT2D eigenvalue weighted by atomic mass is 127. The maximum absolute atomic E-state index is 6.16. The number of ether oxygens (including phenoxy) is 3. The summed E-state index contributed by atoms with van der Waals surface area (Å²) in [5, 5.41) is 4.02. The molecule has 2 heterocycles.